The molecule has 45 heavy (non-hydrogen) atoms. The lowest BCUT2D eigenvalue weighted by Gasteiger charge is -2.20. The van der Waals surface area contributed by atoms with Gasteiger partial charge in [-0.3, -0.25) is 19.3 Å². The molecule has 1 aliphatic heterocycles. The minimum absolute atomic E-state index is 0.0134. The predicted octanol–water partition coefficient (Wildman–Crippen LogP) is 5.97. The second kappa shape index (κ2) is 11.6. The van der Waals surface area contributed by atoms with Crippen molar-refractivity contribution in [1.82, 2.24) is 9.71 Å². The molecule has 0 unspecified atom stereocenters. The van der Waals surface area contributed by atoms with Crippen molar-refractivity contribution in [3.8, 4) is 11.5 Å². The molecule has 234 valence electrons. The van der Waals surface area contributed by atoms with Gasteiger partial charge in [-0.1, -0.05) is 29.8 Å². The van der Waals surface area contributed by atoms with Gasteiger partial charge in [-0.25, -0.2) is 12.8 Å². The van der Waals surface area contributed by atoms with Gasteiger partial charge >= 0.3 is 0 Å². The number of halogens is 2. The van der Waals surface area contributed by atoms with Gasteiger partial charge < -0.3 is 14.4 Å². The third kappa shape index (κ3) is 5.37. The summed E-state index contributed by atoms with van der Waals surface area (Å²) in [6.45, 7) is 6.44. The first-order valence-corrected chi connectivity index (χ1v) is 16.6. The predicted molar refractivity (Wildman–Crippen MR) is 169 cm³/mol. The summed E-state index contributed by atoms with van der Waals surface area (Å²) < 4.78 is 54.9. The summed E-state index contributed by atoms with van der Waals surface area (Å²) in [5.41, 5.74) is 2.06. The molecular weight excluding hydrogens is 621 g/mol. The van der Waals surface area contributed by atoms with E-state index in [1.165, 1.54) is 18.2 Å². The summed E-state index contributed by atoms with van der Waals surface area (Å²) in [5.74, 6) is -1.23. The Morgan fingerprint density at radius 3 is 2.49 bits per heavy atom. The number of hydrogen-bond donors (Lipinski definition) is 1. The van der Waals surface area contributed by atoms with E-state index in [1.807, 2.05) is 19.9 Å². The smallest absolute Gasteiger partial charge is 0.262 e. The van der Waals surface area contributed by atoms with Crippen LogP contribution in [0.15, 0.2) is 54.7 Å². The number of aryl methyl sites for hydroxylation is 1. The van der Waals surface area contributed by atoms with Crippen LogP contribution in [0.1, 0.15) is 59.3 Å². The molecule has 0 bridgehead atoms. The van der Waals surface area contributed by atoms with E-state index in [4.69, 9.17) is 21.1 Å². The van der Waals surface area contributed by atoms with E-state index in [2.05, 4.69) is 9.71 Å². The third-order valence-electron chi connectivity index (χ3n) is 8.21. The molecule has 1 N–H and O–H groups in total. The monoisotopic (exact) mass is 651 g/mol. The number of sulfonamides is 1. The minimum atomic E-state index is -4.15. The number of benzene rings is 3. The van der Waals surface area contributed by atoms with Crippen LogP contribution in [-0.4, -0.2) is 38.4 Å². The molecule has 6 rings (SSSR count). The Bertz CT molecular complexity index is 1960. The molecule has 0 spiro atoms. The Kier molecular flexibility index (Phi) is 7.94. The molecule has 1 saturated carbocycles. The molecule has 4 aromatic rings. The Morgan fingerprint density at radius 2 is 1.82 bits per heavy atom. The van der Waals surface area contributed by atoms with Crippen LogP contribution >= 0.6 is 11.6 Å². The molecule has 0 radical (unpaired) electrons. The Balaban J connectivity index is 1.26. The van der Waals surface area contributed by atoms with Gasteiger partial charge in [0.1, 0.15) is 17.1 Å². The van der Waals surface area contributed by atoms with Crippen LogP contribution in [0.3, 0.4) is 0 Å². The number of carbonyl (C=O) groups excluding carboxylic acids is 2. The van der Waals surface area contributed by atoms with Crippen molar-refractivity contribution in [3.63, 3.8) is 0 Å². The summed E-state index contributed by atoms with van der Waals surface area (Å²) in [7, 11) is -4.15. The maximum atomic E-state index is 14.6. The highest BCUT2D eigenvalue weighted by atomic mass is 35.5. The van der Waals surface area contributed by atoms with Gasteiger partial charge in [-0.05, 0) is 75.1 Å². The number of amides is 2. The Hall–Kier alpha value is -4.22. The Labute approximate surface area is 265 Å². The fourth-order valence-electron chi connectivity index (χ4n) is 6.10. The highest BCUT2D eigenvalue weighted by Gasteiger charge is 2.54. The zero-order chi connectivity index (χ0) is 32.1. The number of anilines is 1. The summed E-state index contributed by atoms with van der Waals surface area (Å²) in [6.07, 6.45) is 2.24. The molecule has 0 atom stereocenters. The van der Waals surface area contributed by atoms with Crippen molar-refractivity contribution in [2.45, 2.75) is 51.3 Å². The number of ether oxygens (including phenoxy) is 2. The minimum Gasteiger partial charge on any atom is -0.492 e. The topological polar surface area (TPSA) is 115 Å². The number of pyridine rings is 1. The SMILES string of the molecule is CCOc1c2c(c(OCC)c3ncccc13)CN(c1ccc(CS(=O)(=O)NC(=O)C3(c4c(F)cccc4Cl)CC3)cc1C)C2=O. The summed E-state index contributed by atoms with van der Waals surface area (Å²) >= 11 is 6.19. The fourth-order valence-corrected chi connectivity index (χ4v) is 7.62. The highest BCUT2D eigenvalue weighted by molar-refractivity contribution is 7.89. The van der Waals surface area contributed by atoms with Crippen molar-refractivity contribution < 1.29 is 31.9 Å². The number of fused-ring (bicyclic) bond motifs is 2. The standard InChI is InChI=1S/C33H31ClFN3O6S/c1-4-43-29-21-8-7-15-36-28(21)30(44-5-2)22-17-38(31(39)26(22)29)25-12-11-20(16-19(25)3)18-45(41,42)37-32(40)33(13-14-33)27-23(34)9-6-10-24(27)35/h6-12,15-16H,4-5,13-14,17-18H2,1-3H3,(H,37,40). The largest absolute Gasteiger partial charge is 0.492 e. The molecule has 1 aliphatic carbocycles. The van der Waals surface area contributed by atoms with E-state index >= 15 is 0 Å². The van der Waals surface area contributed by atoms with Crippen LogP contribution in [0.5, 0.6) is 11.5 Å². The number of aromatic nitrogens is 1. The number of nitrogens with zero attached hydrogens (tertiary/aromatic N) is 2. The zero-order valence-electron chi connectivity index (χ0n) is 24.9. The molecule has 1 fully saturated rings. The van der Waals surface area contributed by atoms with Crippen molar-refractivity contribution in [2.24, 2.45) is 0 Å². The van der Waals surface area contributed by atoms with E-state index in [9.17, 15) is 22.4 Å². The molecule has 1 aromatic heterocycles. The van der Waals surface area contributed by atoms with E-state index in [0.717, 1.165) is 0 Å². The van der Waals surface area contributed by atoms with Crippen LogP contribution < -0.4 is 19.1 Å². The first-order valence-electron chi connectivity index (χ1n) is 14.6. The Morgan fingerprint density at radius 1 is 1.09 bits per heavy atom. The first kappa shape index (κ1) is 30.8. The molecule has 0 saturated heterocycles. The first-order chi connectivity index (χ1) is 21.5. The normalized spacial score (nSPS) is 15.2. The molecule has 9 nitrogen and oxygen atoms in total. The zero-order valence-corrected chi connectivity index (χ0v) is 26.5. The van der Waals surface area contributed by atoms with Crippen LogP contribution in [0.2, 0.25) is 5.02 Å². The van der Waals surface area contributed by atoms with Crippen molar-refractivity contribution in [3.05, 3.63) is 93.4 Å². The summed E-state index contributed by atoms with van der Waals surface area (Å²) in [4.78, 5) is 33.2. The molecule has 2 heterocycles. The lowest BCUT2D eigenvalue weighted by atomic mass is 9.95. The van der Waals surface area contributed by atoms with Gasteiger partial charge in [0.2, 0.25) is 15.9 Å². The van der Waals surface area contributed by atoms with Crippen LogP contribution in [-0.2, 0) is 32.5 Å². The van der Waals surface area contributed by atoms with E-state index in [-0.39, 0.29) is 35.9 Å². The molecular formula is C33H31ClFN3O6S. The van der Waals surface area contributed by atoms with Crippen molar-refractivity contribution in [2.75, 3.05) is 18.1 Å². The molecule has 2 amide bonds. The van der Waals surface area contributed by atoms with Crippen LogP contribution in [0, 0.1) is 12.7 Å². The molecule has 3 aromatic carbocycles. The maximum Gasteiger partial charge on any atom is 0.262 e. The quantitative estimate of drug-likeness (QED) is 0.225. The average molecular weight is 652 g/mol. The fraction of sp³-hybridized carbons (Fsp3) is 0.303. The van der Waals surface area contributed by atoms with Gasteiger partial charge in [-0.2, -0.15) is 0 Å². The van der Waals surface area contributed by atoms with Gasteiger partial charge in [-0.15, -0.1) is 0 Å². The van der Waals surface area contributed by atoms with E-state index in [0.29, 0.717) is 63.6 Å². The second-order valence-corrected chi connectivity index (χ2v) is 13.3. The maximum absolute atomic E-state index is 14.6. The second-order valence-electron chi connectivity index (χ2n) is 11.2. The lowest BCUT2D eigenvalue weighted by molar-refractivity contribution is -0.121. The summed E-state index contributed by atoms with van der Waals surface area (Å²) in [6, 6.07) is 12.7. The lowest BCUT2D eigenvalue weighted by Crippen LogP contribution is -2.40. The number of hydrogen-bond acceptors (Lipinski definition) is 7. The van der Waals surface area contributed by atoms with Gasteiger partial charge in [0.25, 0.3) is 5.91 Å². The highest BCUT2D eigenvalue weighted by Crippen LogP contribution is 2.52. The third-order valence-corrected chi connectivity index (χ3v) is 9.73. The number of carbonyl (C=O) groups is 2. The number of rotatable bonds is 10. The van der Waals surface area contributed by atoms with E-state index < -0.39 is 32.9 Å². The average Bonchev–Trinajstić information content (AvgIpc) is 3.72. The van der Waals surface area contributed by atoms with E-state index in [1.54, 1.807) is 42.3 Å². The van der Waals surface area contributed by atoms with Gasteiger partial charge in [0.05, 0.1) is 36.5 Å². The molecule has 12 heteroatoms. The van der Waals surface area contributed by atoms with Gasteiger partial charge in [0.15, 0.2) is 5.75 Å². The summed E-state index contributed by atoms with van der Waals surface area (Å²) in [5, 5.41) is 0.761. The van der Waals surface area contributed by atoms with Crippen LogP contribution in [0.4, 0.5) is 10.1 Å². The van der Waals surface area contributed by atoms with Crippen molar-refractivity contribution in [1.29, 1.82) is 0 Å². The van der Waals surface area contributed by atoms with Crippen molar-refractivity contribution >= 4 is 50.0 Å². The number of nitrogens with one attached hydrogen (secondary N) is 1. The van der Waals surface area contributed by atoms with Crippen LogP contribution in [0.25, 0.3) is 10.9 Å². The van der Waals surface area contributed by atoms with Gasteiger partial charge in [0, 0.05) is 33.4 Å². The molecule has 2 aliphatic rings.